The SMILES string of the molecule is CC/C=C\C/C=C\C/C=C\C/C=C\C=C/C(O)C/C=C\CCC(=O)OC[C@@H](O)COC(=O)CCCCCCCCCCCCCCCCC(C)C. The summed E-state index contributed by atoms with van der Waals surface area (Å²) < 4.78 is 10.2. The molecule has 6 heteroatoms. The van der Waals surface area contributed by atoms with Gasteiger partial charge in [0.2, 0.25) is 0 Å². The van der Waals surface area contributed by atoms with Crippen LogP contribution < -0.4 is 0 Å². The zero-order valence-electron chi connectivity index (χ0n) is 32.9. The number of rotatable bonds is 35. The number of unbranched alkanes of at least 4 members (excludes halogenated alkanes) is 13. The Kier molecular flexibility index (Phi) is 36.5. The van der Waals surface area contributed by atoms with E-state index < -0.39 is 18.2 Å². The van der Waals surface area contributed by atoms with E-state index in [0.717, 1.165) is 50.9 Å². The van der Waals surface area contributed by atoms with Gasteiger partial charge in [-0.25, -0.2) is 0 Å². The van der Waals surface area contributed by atoms with Crippen molar-refractivity contribution in [2.75, 3.05) is 13.2 Å². The minimum Gasteiger partial charge on any atom is -0.463 e. The van der Waals surface area contributed by atoms with Crippen LogP contribution in [-0.2, 0) is 19.1 Å². The molecule has 292 valence electrons. The zero-order chi connectivity index (χ0) is 37.5. The summed E-state index contributed by atoms with van der Waals surface area (Å²) >= 11 is 0. The third kappa shape index (κ3) is 39.9. The molecule has 0 aliphatic carbocycles. The van der Waals surface area contributed by atoms with Crippen LogP contribution in [0.5, 0.6) is 0 Å². The Morgan fingerprint density at radius 2 is 1.02 bits per heavy atom. The van der Waals surface area contributed by atoms with Crippen LogP contribution in [0.25, 0.3) is 0 Å². The van der Waals surface area contributed by atoms with Crippen LogP contribution in [0.2, 0.25) is 0 Å². The number of hydrogen-bond acceptors (Lipinski definition) is 6. The van der Waals surface area contributed by atoms with E-state index in [1.165, 1.54) is 77.0 Å². The van der Waals surface area contributed by atoms with Crippen LogP contribution in [0.3, 0.4) is 0 Å². The van der Waals surface area contributed by atoms with E-state index in [-0.39, 0.29) is 25.6 Å². The van der Waals surface area contributed by atoms with Crippen molar-refractivity contribution >= 4 is 11.9 Å². The maximum Gasteiger partial charge on any atom is 0.306 e. The van der Waals surface area contributed by atoms with Crippen molar-refractivity contribution in [1.29, 1.82) is 0 Å². The molecule has 0 amide bonds. The van der Waals surface area contributed by atoms with E-state index >= 15 is 0 Å². The second-order valence-electron chi connectivity index (χ2n) is 14.1. The molecule has 0 aromatic rings. The lowest BCUT2D eigenvalue weighted by molar-refractivity contribution is -0.152. The zero-order valence-corrected chi connectivity index (χ0v) is 32.9. The summed E-state index contributed by atoms with van der Waals surface area (Å²) in [5.41, 5.74) is 0. The van der Waals surface area contributed by atoms with Gasteiger partial charge in [-0.2, -0.15) is 0 Å². The number of aliphatic hydroxyl groups is 2. The molecule has 0 fully saturated rings. The smallest absolute Gasteiger partial charge is 0.306 e. The molecule has 51 heavy (non-hydrogen) atoms. The van der Waals surface area contributed by atoms with Gasteiger partial charge in [-0.1, -0.05) is 184 Å². The Balaban J connectivity index is 3.65. The molecule has 0 heterocycles. The van der Waals surface area contributed by atoms with Gasteiger partial charge in [-0.05, 0) is 50.9 Å². The monoisotopic (exact) mass is 713 g/mol. The first kappa shape index (κ1) is 48.3. The predicted octanol–water partition coefficient (Wildman–Crippen LogP) is 11.8. The minimum atomic E-state index is -1.03. The molecule has 0 aromatic carbocycles. The Bertz CT molecular complexity index is 973. The Morgan fingerprint density at radius 3 is 1.55 bits per heavy atom. The van der Waals surface area contributed by atoms with Gasteiger partial charge in [0.25, 0.3) is 0 Å². The summed E-state index contributed by atoms with van der Waals surface area (Å²) in [6.45, 7) is 6.38. The molecular formula is C45H76O6. The largest absolute Gasteiger partial charge is 0.463 e. The summed E-state index contributed by atoms with van der Waals surface area (Å²) in [4.78, 5) is 24.0. The van der Waals surface area contributed by atoms with Gasteiger partial charge in [-0.15, -0.1) is 0 Å². The minimum absolute atomic E-state index is 0.170. The summed E-state index contributed by atoms with van der Waals surface area (Å²) in [6.07, 6.45) is 47.1. The van der Waals surface area contributed by atoms with Crippen molar-refractivity contribution < 1.29 is 29.3 Å². The lowest BCUT2D eigenvalue weighted by atomic mass is 10.0. The Morgan fingerprint density at radius 1 is 0.549 bits per heavy atom. The number of ether oxygens (including phenoxy) is 2. The van der Waals surface area contributed by atoms with Crippen molar-refractivity contribution in [1.82, 2.24) is 0 Å². The summed E-state index contributed by atoms with van der Waals surface area (Å²) in [6, 6.07) is 0. The molecule has 2 atom stereocenters. The van der Waals surface area contributed by atoms with E-state index in [9.17, 15) is 19.8 Å². The van der Waals surface area contributed by atoms with Gasteiger partial charge in [-0.3, -0.25) is 9.59 Å². The Hall–Kier alpha value is -2.70. The highest BCUT2D eigenvalue weighted by Crippen LogP contribution is 2.15. The average molecular weight is 713 g/mol. The Labute approximate surface area is 313 Å². The van der Waals surface area contributed by atoms with Crippen molar-refractivity contribution in [3.05, 3.63) is 72.9 Å². The first-order valence-electron chi connectivity index (χ1n) is 20.5. The molecule has 0 rings (SSSR count). The molecule has 0 spiro atoms. The molecule has 0 bridgehead atoms. The van der Waals surface area contributed by atoms with Crippen LogP contribution in [0.4, 0.5) is 0 Å². The van der Waals surface area contributed by atoms with Crippen molar-refractivity contribution in [3.8, 4) is 0 Å². The van der Waals surface area contributed by atoms with Crippen LogP contribution in [0.1, 0.15) is 168 Å². The number of esters is 2. The molecule has 0 aliphatic heterocycles. The first-order chi connectivity index (χ1) is 24.8. The summed E-state index contributed by atoms with van der Waals surface area (Å²) in [7, 11) is 0. The van der Waals surface area contributed by atoms with Gasteiger partial charge < -0.3 is 19.7 Å². The lowest BCUT2D eigenvalue weighted by Gasteiger charge is -2.12. The van der Waals surface area contributed by atoms with Crippen molar-refractivity contribution in [3.63, 3.8) is 0 Å². The molecule has 0 saturated carbocycles. The molecule has 0 saturated heterocycles. The number of allylic oxidation sites excluding steroid dienone is 10. The summed E-state index contributed by atoms with van der Waals surface area (Å²) in [5, 5.41) is 20.1. The summed E-state index contributed by atoms with van der Waals surface area (Å²) in [5.74, 6) is 0.0999. The van der Waals surface area contributed by atoms with Crippen LogP contribution in [-0.4, -0.2) is 47.6 Å². The van der Waals surface area contributed by atoms with Gasteiger partial charge in [0.15, 0.2) is 0 Å². The van der Waals surface area contributed by atoms with E-state index in [1.807, 2.05) is 30.4 Å². The maximum absolute atomic E-state index is 12.0. The van der Waals surface area contributed by atoms with E-state index in [4.69, 9.17) is 9.47 Å². The first-order valence-corrected chi connectivity index (χ1v) is 20.5. The fourth-order valence-electron chi connectivity index (χ4n) is 5.38. The van der Waals surface area contributed by atoms with Crippen LogP contribution in [0, 0.1) is 5.92 Å². The number of aliphatic hydroxyl groups excluding tert-OH is 2. The number of hydrogen-bond donors (Lipinski definition) is 2. The average Bonchev–Trinajstić information content (AvgIpc) is 3.11. The second kappa shape index (κ2) is 38.5. The van der Waals surface area contributed by atoms with Crippen molar-refractivity contribution in [2.24, 2.45) is 5.92 Å². The normalized spacial score (nSPS) is 13.7. The van der Waals surface area contributed by atoms with E-state index in [2.05, 4.69) is 57.2 Å². The quantitative estimate of drug-likeness (QED) is 0.0294. The molecule has 0 aliphatic rings. The van der Waals surface area contributed by atoms with Gasteiger partial charge >= 0.3 is 11.9 Å². The van der Waals surface area contributed by atoms with Crippen LogP contribution >= 0.6 is 0 Å². The highest BCUT2D eigenvalue weighted by atomic mass is 16.6. The van der Waals surface area contributed by atoms with Gasteiger partial charge in [0.1, 0.15) is 19.3 Å². The highest BCUT2D eigenvalue weighted by Gasteiger charge is 2.12. The fourth-order valence-corrected chi connectivity index (χ4v) is 5.38. The standard InChI is InChI=1S/C45H76O6/c1-4-5-6-7-8-9-10-13-17-20-23-26-30-35-42(46)36-31-28-33-38-45(49)51-40-43(47)39-50-44(48)37-32-27-24-21-18-15-12-11-14-16-19-22-25-29-34-41(2)3/h5-6,8-9,13,17,23,26,28,30-31,35,41-43,46-47H,4,7,10-12,14-16,18-22,24-25,27,29,32-34,36-40H2,1-3H3/b6-5-,9-8-,17-13-,26-23-,31-28-,35-30-/t42?,43-/m0/s1. The molecular weight excluding hydrogens is 636 g/mol. The van der Waals surface area contributed by atoms with Crippen LogP contribution in [0.15, 0.2) is 72.9 Å². The fraction of sp³-hybridized carbons (Fsp3) is 0.689. The molecule has 6 nitrogen and oxygen atoms in total. The molecule has 0 radical (unpaired) electrons. The van der Waals surface area contributed by atoms with E-state index in [1.54, 1.807) is 6.08 Å². The number of carbonyl (C=O) groups is 2. The topological polar surface area (TPSA) is 93.1 Å². The molecule has 0 aromatic heterocycles. The highest BCUT2D eigenvalue weighted by molar-refractivity contribution is 5.70. The lowest BCUT2D eigenvalue weighted by Crippen LogP contribution is -2.25. The third-order valence-electron chi connectivity index (χ3n) is 8.48. The third-order valence-corrected chi connectivity index (χ3v) is 8.48. The second-order valence-corrected chi connectivity index (χ2v) is 14.1. The van der Waals surface area contributed by atoms with Gasteiger partial charge in [0.05, 0.1) is 6.10 Å². The van der Waals surface area contributed by atoms with E-state index in [0.29, 0.717) is 19.3 Å². The maximum atomic E-state index is 12.0. The molecule has 1 unspecified atom stereocenters. The predicted molar refractivity (Wildman–Crippen MR) is 215 cm³/mol. The number of carbonyl (C=O) groups excluding carboxylic acids is 2. The van der Waals surface area contributed by atoms with Gasteiger partial charge in [0, 0.05) is 12.8 Å². The van der Waals surface area contributed by atoms with Crippen molar-refractivity contribution in [2.45, 2.75) is 181 Å². The molecule has 2 N–H and O–H groups in total.